The van der Waals surface area contributed by atoms with Crippen LogP contribution >= 0.6 is 0 Å². The number of hydrogen-bond donors (Lipinski definition) is 0. The van der Waals surface area contributed by atoms with Crippen molar-refractivity contribution in [1.82, 2.24) is 23.9 Å². The van der Waals surface area contributed by atoms with Gasteiger partial charge in [0.25, 0.3) is 0 Å². The number of hydrogen-bond acceptors (Lipinski definition) is 3. The Labute approximate surface area is 272 Å². The van der Waals surface area contributed by atoms with Gasteiger partial charge in [-0.15, -0.1) is 0 Å². The van der Waals surface area contributed by atoms with Crippen LogP contribution in [0.5, 0.6) is 0 Å². The molecule has 0 aliphatic heterocycles. The van der Waals surface area contributed by atoms with Crippen LogP contribution < -0.4 is 0 Å². The highest BCUT2D eigenvalue weighted by atomic mass is 15.2. The van der Waals surface area contributed by atoms with Gasteiger partial charge in [0, 0.05) is 43.9 Å². The van der Waals surface area contributed by atoms with Gasteiger partial charge in [-0.1, -0.05) is 91.0 Å². The van der Waals surface area contributed by atoms with Crippen molar-refractivity contribution < 1.29 is 0 Å². The highest BCUT2D eigenvalue weighted by molar-refractivity contribution is 6.36. The van der Waals surface area contributed by atoms with Gasteiger partial charge in [0.05, 0.1) is 39.7 Å². The summed E-state index contributed by atoms with van der Waals surface area (Å²) in [6.45, 7) is 7.64. The monoisotopic (exact) mass is 610 g/mol. The van der Waals surface area contributed by atoms with Crippen LogP contribution in [-0.2, 0) is 0 Å². The summed E-state index contributed by atoms with van der Waals surface area (Å²) in [5.74, 6) is 0.567. The molecule has 0 saturated heterocycles. The largest absolute Gasteiger partial charge is 0.307 e. The van der Waals surface area contributed by atoms with E-state index in [1.165, 1.54) is 48.9 Å². The van der Waals surface area contributed by atoms with Gasteiger partial charge >= 0.3 is 0 Å². The number of benzene rings is 6. The van der Waals surface area contributed by atoms with Crippen LogP contribution in [0.3, 0.4) is 0 Å². The lowest BCUT2D eigenvalue weighted by molar-refractivity contribution is 1.01. The second-order valence-electron chi connectivity index (χ2n) is 12.3. The number of nitrogens with zero attached hydrogens (tertiary/aromatic N) is 6. The maximum Gasteiger partial charge on any atom is 0.235 e. The zero-order valence-corrected chi connectivity index (χ0v) is 25.4. The summed E-state index contributed by atoms with van der Waals surface area (Å²) in [6, 6.07) is 44.3. The zero-order chi connectivity index (χ0) is 31.5. The Morgan fingerprint density at radius 3 is 2.21 bits per heavy atom. The molecule has 0 saturated carbocycles. The van der Waals surface area contributed by atoms with E-state index < -0.39 is 0 Å². The second-order valence-corrected chi connectivity index (χ2v) is 12.3. The molecule has 220 valence electrons. The molecule has 0 spiro atoms. The summed E-state index contributed by atoms with van der Waals surface area (Å²) in [5.41, 5.74) is 9.25. The van der Waals surface area contributed by atoms with Crippen molar-refractivity contribution in [2.24, 2.45) is 0 Å². The Balaban J connectivity index is 1.39. The van der Waals surface area contributed by atoms with Crippen LogP contribution in [0.15, 0.2) is 134 Å². The fourth-order valence-electron chi connectivity index (χ4n) is 7.94. The van der Waals surface area contributed by atoms with Crippen molar-refractivity contribution >= 4 is 87.4 Å². The minimum Gasteiger partial charge on any atom is -0.307 e. The van der Waals surface area contributed by atoms with Crippen LogP contribution in [0, 0.1) is 6.57 Å². The summed E-state index contributed by atoms with van der Waals surface area (Å²) >= 11 is 0. The van der Waals surface area contributed by atoms with Crippen molar-refractivity contribution in [3.63, 3.8) is 0 Å². The molecule has 0 aliphatic carbocycles. The highest BCUT2D eigenvalue weighted by Crippen LogP contribution is 2.47. The molecule has 0 bridgehead atoms. The topological polar surface area (TPSA) is 52.4 Å². The van der Waals surface area contributed by atoms with E-state index in [-0.39, 0.29) is 0 Å². The van der Waals surface area contributed by atoms with E-state index >= 15 is 0 Å². The first kappa shape index (κ1) is 25.4. The molecular weight excluding hydrogens is 589 g/mol. The third kappa shape index (κ3) is 3.17. The van der Waals surface area contributed by atoms with Gasteiger partial charge in [0.2, 0.25) is 5.95 Å². The number of para-hydroxylation sites is 2. The van der Waals surface area contributed by atoms with Crippen molar-refractivity contribution in [2.75, 3.05) is 0 Å². The number of rotatable bonds is 2. The maximum absolute atomic E-state index is 7.64. The van der Waals surface area contributed by atoms with E-state index in [0.717, 1.165) is 32.9 Å². The molecule has 6 aromatic carbocycles. The smallest absolute Gasteiger partial charge is 0.235 e. The standard InChI is InChI=1S/C42H22N6/c1-43-26-12-8-11-25(22-26)37-38-33(16-9-21-44-38)45-42(46-37)48-35-18-7-5-15-29(35)32-23-31-28-14-4-6-17-34(28)47-39-27-13-3-2-10-24(27)19-20-30(39)36(40(31)47)41(32)48/h2-23H. The SMILES string of the molecule is [C-]#[N+]c1cccc(-c2nc(-n3c4ccccc4c4cc5c6ccccc6n6c7c8ccccc8ccc7c(c43)c56)nc3cccnc23)c1. The molecule has 5 aromatic heterocycles. The van der Waals surface area contributed by atoms with Crippen molar-refractivity contribution in [3.05, 3.63) is 145 Å². The van der Waals surface area contributed by atoms with Crippen LogP contribution in [0.25, 0.3) is 104 Å². The third-order valence-electron chi connectivity index (χ3n) is 9.88. The maximum atomic E-state index is 7.64. The molecule has 0 unspecified atom stereocenters. The normalized spacial score (nSPS) is 12.1. The van der Waals surface area contributed by atoms with E-state index in [1.807, 2.05) is 36.4 Å². The lowest BCUT2D eigenvalue weighted by Gasteiger charge is -2.12. The molecule has 48 heavy (non-hydrogen) atoms. The lowest BCUT2D eigenvalue weighted by Crippen LogP contribution is -2.04. The first-order chi connectivity index (χ1) is 23.8. The summed E-state index contributed by atoms with van der Waals surface area (Å²) in [7, 11) is 0. The van der Waals surface area contributed by atoms with Crippen LogP contribution in [0.4, 0.5) is 5.69 Å². The van der Waals surface area contributed by atoms with Crippen LogP contribution in [-0.4, -0.2) is 23.9 Å². The summed E-state index contributed by atoms with van der Waals surface area (Å²) in [4.78, 5) is 18.9. The van der Waals surface area contributed by atoms with E-state index in [1.54, 1.807) is 6.20 Å². The van der Waals surface area contributed by atoms with Gasteiger partial charge in [-0.2, -0.15) is 0 Å². The minimum atomic E-state index is 0.556. The molecular formula is C42H22N6. The predicted octanol–water partition coefficient (Wildman–Crippen LogP) is 10.6. The first-order valence-electron chi connectivity index (χ1n) is 15.9. The molecule has 6 nitrogen and oxygen atoms in total. The zero-order valence-electron chi connectivity index (χ0n) is 25.4. The molecule has 0 amide bonds. The molecule has 11 aromatic rings. The fourth-order valence-corrected chi connectivity index (χ4v) is 7.94. The predicted molar refractivity (Wildman–Crippen MR) is 196 cm³/mol. The van der Waals surface area contributed by atoms with Crippen molar-refractivity contribution in [2.45, 2.75) is 0 Å². The average molecular weight is 611 g/mol. The molecule has 0 atom stereocenters. The molecule has 0 radical (unpaired) electrons. The Morgan fingerprint density at radius 1 is 0.562 bits per heavy atom. The Morgan fingerprint density at radius 2 is 1.33 bits per heavy atom. The molecule has 6 heteroatoms. The molecule has 0 aliphatic rings. The lowest BCUT2D eigenvalue weighted by atomic mass is 10.0. The van der Waals surface area contributed by atoms with Crippen LogP contribution in [0.2, 0.25) is 0 Å². The Bertz CT molecular complexity index is 3200. The Hall–Kier alpha value is -6.84. The van der Waals surface area contributed by atoms with Gasteiger partial charge in [-0.05, 0) is 47.3 Å². The van der Waals surface area contributed by atoms with E-state index in [9.17, 15) is 0 Å². The first-order valence-corrected chi connectivity index (χ1v) is 15.9. The second kappa shape index (κ2) is 9.12. The van der Waals surface area contributed by atoms with Gasteiger partial charge in [-0.25, -0.2) is 14.8 Å². The minimum absolute atomic E-state index is 0.556. The number of aromatic nitrogens is 5. The van der Waals surface area contributed by atoms with Gasteiger partial charge in [-0.3, -0.25) is 9.55 Å². The Kier molecular flexibility index (Phi) is 4.82. The third-order valence-corrected chi connectivity index (χ3v) is 9.88. The number of pyridine rings is 1. The van der Waals surface area contributed by atoms with E-state index in [0.29, 0.717) is 22.8 Å². The van der Waals surface area contributed by atoms with Crippen LogP contribution in [0.1, 0.15) is 0 Å². The quantitative estimate of drug-likeness (QED) is 0.183. The average Bonchev–Trinajstić information content (AvgIpc) is 3.79. The summed E-state index contributed by atoms with van der Waals surface area (Å²) in [6.07, 6.45) is 1.77. The van der Waals surface area contributed by atoms with Gasteiger partial charge in [0.1, 0.15) is 11.2 Å². The van der Waals surface area contributed by atoms with E-state index in [4.69, 9.17) is 21.5 Å². The fraction of sp³-hybridized carbons (Fsp3) is 0. The molecule has 0 fully saturated rings. The molecule has 11 rings (SSSR count). The van der Waals surface area contributed by atoms with Gasteiger partial charge in [0.15, 0.2) is 5.69 Å². The van der Waals surface area contributed by atoms with E-state index in [2.05, 4.69) is 105 Å². The molecule has 5 heterocycles. The number of fused-ring (bicyclic) bond motifs is 13. The summed E-state index contributed by atoms with van der Waals surface area (Å²) < 4.78 is 4.70. The summed E-state index contributed by atoms with van der Waals surface area (Å²) in [5, 5.41) is 9.58. The van der Waals surface area contributed by atoms with Gasteiger partial charge < -0.3 is 4.40 Å². The highest BCUT2D eigenvalue weighted by Gasteiger charge is 2.26. The van der Waals surface area contributed by atoms with Crippen molar-refractivity contribution in [3.8, 4) is 17.2 Å². The molecule has 0 N–H and O–H groups in total. The van der Waals surface area contributed by atoms with Crippen molar-refractivity contribution in [1.29, 1.82) is 0 Å².